The molecule has 1 fully saturated rings. The van der Waals surface area contributed by atoms with Gasteiger partial charge < -0.3 is 15.0 Å². The fourth-order valence-corrected chi connectivity index (χ4v) is 2.16. The lowest BCUT2D eigenvalue weighted by Crippen LogP contribution is -2.29. The first-order valence-electron chi connectivity index (χ1n) is 5.27. The summed E-state index contributed by atoms with van der Waals surface area (Å²) in [6.45, 7) is 2.14. The van der Waals surface area contributed by atoms with Crippen LogP contribution in [-0.4, -0.2) is 24.2 Å². The lowest BCUT2D eigenvalue weighted by molar-refractivity contribution is 0.0325. The largest absolute Gasteiger partial charge is 0.373 e. The Morgan fingerprint density at radius 2 is 2.43 bits per heavy atom. The molecule has 2 heterocycles. The van der Waals surface area contributed by atoms with Gasteiger partial charge in [-0.1, -0.05) is 0 Å². The number of likely N-dealkylation sites (N-methyl/N-ethyl adjacent to an activating group) is 1. The van der Waals surface area contributed by atoms with E-state index in [1.165, 1.54) is 12.1 Å². The molecule has 0 bridgehead atoms. The zero-order chi connectivity index (χ0) is 9.97. The summed E-state index contributed by atoms with van der Waals surface area (Å²) >= 11 is 0. The number of aromatic nitrogens is 1. The van der Waals surface area contributed by atoms with Crippen LogP contribution in [0.1, 0.15) is 31.5 Å². The zero-order valence-electron chi connectivity index (χ0n) is 8.79. The van der Waals surface area contributed by atoms with Crippen LogP contribution in [0.25, 0.3) is 0 Å². The van der Waals surface area contributed by atoms with E-state index in [-0.39, 0.29) is 0 Å². The second kappa shape index (κ2) is 4.15. The normalized spacial score (nSPS) is 29.3. The van der Waals surface area contributed by atoms with E-state index < -0.39 is 0 Å². The van der Waals surface area contributed by atoms with Crippen molar-refractivity contribution in [2.24, 2.45) is 0 Å². The van der Waals surface area contributed by atoms with Gasteiger partial charge in [-0.3, -0.25) is 0 Å². The molecule has 1 saturated heterocycles. The highest BCUT2D eigenvalue weighted by Gasteiger charge is 2.29. The van der Waals surface area contributed by atoms with Gasteiger partial charge in [0.2, 0.25) is 0 Å². The second-order valence-corrected chi connectivity index (χ2v) is 3.95. The lowest BCUT2D eigenvalue weighted by Gasteiger charge is -2.22. The number of hydrogen-bond donors (Lipinski definition) is 2. The van der Waals surface area contributed by atoms with Gasteiger partial charge in [-0.05, 0) is 38.9 Å². The molecular weight excluding hydrogens is 176 g/mol. The number of nitrogens with one attached hydrogen (secondary N) is 2. The minimum atomic E-state index is 0.301. The molecule has 14 heavy (non-hydrogen) atoms. The van der Waals surface area contributed by atoms with Crippen LogP contribution in [0.3, 0.4) is 0 Å². The Bertz CT molecular complexity index is 271. The molecule has 1 aromatic rings. The molecule has 0 amide bonds. The summed E-state index contributed by atoms with van der Waals surface area (Å²) in [5.41, 5.74) is 1.21. The first-order valence-corrected chi connectivity index (χ1v) is 5.27. The average molecular weight is 194 g/mol. The first kappa shape index (κ1) is 9.74. The number of ether oxygens (including phenoxy) is 1. The Kier molecular flexibility index (Phi) is 2.89. The van der Waals surface area contributed by atoms with Gasteiger partial charge in [0.25, 0.3) is 0 Å². The third-order valence-corrected chi connectivity index (χ3v) is 2.90. The molecule has 3 nitrogen and oxygen atoms in total. The highest BCUT2D eigenvalue weighted by atomic mass is 16.5. The van der Waals surface area contributed by atoms with Crippen LogP contribution in [0.5, 0.6) is 0 Å². The van der Waals surface area contributed by atoms with Crippen LogP contribution in [0.4, 0.5) is 0 Å². The topological polar surface area (TPSA) is 37.0 Å². The highest BCUT2D eigenvalue weighted by molar-refractivity contribution is 5.11. The quantitative estimate of drug-likeness (QED) is 0.770. The molecule has 0 saturated carbocycles. The number of H-pyrrole nitrogens is 1. The van der Waals surface area contributed by atoms with Crippen molar-refractivity contribution in [1.82, 2.24) is 10.3 Å². The molecule has 3 unspecified atom stereocenters. The maximum atomic E-state index is 5.86. The monoisotopic (exact) mass is 194 g/mol. The van der Waals surface area contributed by atoms with E-state index in [4.69, 9.17) is 4.74 Å². The molecule has 0 aromatic carbocycles. The van der Waals surface area contributed by atoms with Gasteiger partial charge in [0.15, 0.2) is 0 Å². The molecule has 0 spiro atoms. The maximum Gasteiger partial charge on any atom is 0.0788 e. The minimum Gasteiger partial charge on any atom is -0.373 e. The van der Waals surface area contributed by atoms with E-state index in [1.54, 1.807) is 0 Å². The molecule has 1 aliphatic rings. The van der Waals surface area contributed by atoms with Crippen molar-refractivity contribution >= 4 is 0 Å². The van der Waals surface area contributed by atoms with Gasteiger partial charge in [0, 0.05) is 11.9 Å². The Morgan fingerprint density at radius 3 is 2.93 bits per heavy atom. The Balaban J connectivity index is 2.07. The van der Waals surface area contributed by atoms with E-state index in [2.05, 4.69) is 23.3 Å². The molecule has 78 valence electrons. The van der Waals surface area contributed by atoms with Gasteiger partial charge >= 0.3 is 0 Å². The van der Waals surface area contributed by atoms with Crippen molar-refractivity contribution in [3.63, 3.8) is 0 Å². The predicted molar refractivity (Wildman–Crippen MR) is 56.2 cm³/mol. The fraction of sp³-hybridized carbons (Fsp3) is 0.636. The second-order valence-electron chi connectivity index (χ2n) is 3.95. The number of hydrogen-bond acceptors (Lipinski definition) is 2. The zero-order valence-corrected chi connectivity index (χ0v) is 8.79. The SMILES string of the molecule is CNC(c1ccc[nH]1)C1CCC(C)O1. The van der Waals surface area contributed by atoms with Gasteiger partial charge in [0.05, 0.1) is 18.2 Å². The molecule has 3 atom stereocenters. The highest BCUT2D eigenvalue weighted by Crippen LogP contribution is 2.28. The molecular formula is C11H18N2O. The Labute approximate surface area is 84.9 Å². The van der Waals surface area contributed by atoms with E-state index in [9.17, 15) is 0 Å². The lowest BCUT2D eigenvalue weighted by atomic mass is 10.0. The van der Waals surface area contributed by atoms with E-state index >= 15 is 0 Å². The van der Waals surface area contributed by atoms with E-state index in [0.29, 0.717) is 18.2 Å². The van der Waals surface area contributed by atoms with Crippen LogP contribution >= 0.6 is 0 Å². The van der Waals surface area contributed by atoms with Crippen LogP contribution in [0, 0.1) is 0 Å². The number of aromatic amines is 1. The molecule has 2 N–H and O–H groups in total. The maximum absolute atomic E-state index is 5.86. The van der Waals surface area contributed by atoms with Crippen LogP contribution in [0.2, 0.25) is 0 Å². The summed E-state index contributed by atoms with van der Waals surface area (Å²) < 4.78 is 5.86. The van der Waals surface area contributed by atoms with Crippen molar-refractivity contribution < 1.29 is 4.74 Å². The van der Waals surface area contributed by atoms with E-state index in [0.717, 1.165) is 6.42 Å². The Morgan fingerprint density at radius 1 is 1.57 bits per heavy atom. The van der Waals surface area contributed by atoms with E-state index in [1.807, 2.05) is 19.3 Å². The summed E-state index contributed by atoms with van der Waals surface area (Å²) in [6.07, 6.45) is 4.99. The van der Waals surface area contributed by atoms with Gasteiger partial charge in [0.1, 0.15) is 0 Å². The Hall–Kier alpha value is -0.800. The van der Waals surface area contributed by atoms with Crippen molar-refractivity contribution in [2.45, 2.75) is 38.0 Å². The molecule has 1 aliphatic heterocycles. The van der Waals surface area contributed by atoms with Gasteiger partial charge in [-0.2, -0.15) is 0 Å². The van der Waals surface area contributed by atoms with Crippen LogP contribution < -0.4 is 5.32 Å². The standard InChI is InChI=1S/C11H18N2O/c1-8-5-6-10(14-8)11(12-2)9-4-3-7-13-9/h3-4,7-8,10-13H,5-6H2,1-2H3. The van der Waals surface area contributed by atoms with Gasteiger partial charge in [-0.15, -0.1) is 0 Å². The minimum absolute atomic E-state index is 0.301. The summed E-state index contributed by atoms with van der Waals surface area (Å²) in [6, 6.07) is 4.43. The molecule has 2 rings (SSSR count). The van der Waals surface area contributed by atoms with Crippen molar-refractivity contribution in [1.29, 1.82) is 0 Å². The molecule has 3 heteroatoms. The predicted octanol–water partition coefficient (Wildman–Crippen LogP) is 1.84. The molecule has 1 aromatic heterocycles. The third kappa shape index (κ3) is 1.83. The van der Waals surface area contributed by atoms with Crippen molar-refractivity contribution in [2.75, 3.05) is 7.05 Å². The smallest absolute Gasteiger partial charge is 0.0788 e. The van der Waals surface area contributed by atoms with Gasteiger partial charge in [-0.25, -0.2) is 0 Å². The average Bonchev–Trinajstić information content (AvgIpc) is 2.79. The summed E-state index contributed by atoms with van der Waals surface area (Å²) in [5.74, 6) is 0. The van der Waals surface area contributed by atoms with Crippen molar-refractivity contribution in [3.8, 4) is 0 Å². The summed E-state index contributed by atoms with van der Waals surface area (Å²) in [7, 11) is 1.98. The molecule has 0 aliphatic carbocycles. The van der Waals surface area contributed by atoms with Crippen LogP contribution in [-0.2, 0) is 4.74 Å². The van der Waals surface area contributed by atoms with Crippen LogP contribution in [0.15, 0.2) is 18.3 Å². The first-order chi connectivity index (χ1) is 6.81. The van der Waals surface area contributed by atoms with Crippen molar-refractivity contribution in [3.05, 3.63) is 24.0 Å². The third-order valence-electron chi connectivity index (χ3n) is 2.90. The fourth-order valence-electron chi connectivity index (χ4n) is 2.16. The summed E-state index contributed by atoms with van der Waals surface area (Å²) in [4.78, 5) is 3.24. The molecule has 0 radical (unpaired) electrons. The number of rotatable bonds is 3. The summed E-state index contributed by atoms with van der Waals surface area (Å²) in [5, 5.41) is 3.31.